The van der Waals surface area contributed by atoms with Crippen LogP contribution in [0.2, 0.25) is 0 Å². The lowest BCUT2D eigenvalue weighted by Gasteiger charge is -2.41. The molecule has 2 rings (SSSR count). The predicted molar refractivity (Wildman–Crippen MR) is 99.8 cm³/mol. The van der Waals surface area contributed by atoms with E-state index < -0.39 is 11.7 Å². The molecule has 1 amide bonds. The Kier molecular flexibility index (Phi) is 7.72. The van der Waals surface area contributed by atoms with Crippen molar-refractivity contribution >= 4 is 22.9 Å². The fourth-order valence-electron chi connectivity index (χ4n) is 3.02. The number of nitrogens with one attached hydrogen (secondary N) is 1. The van der Waals surface area contributed by atoms with Gasteiger partial charge < -0.3 is 29.0 Å². The van der Waals surface area contributed by atoms with E-state index in [0.29, 0.717) is 19.6 Å². The van der Waals surface area contributed by atoms with Crippen molar-refractivity contribution < 1.29 is 28.5 Å². The number of alkyl carbamates (subject to hydrolysis) is 1. The molecule has 2 aliphatic rings. The van der Waals surface area contributed by atoms with Crippen LogP contribution in [0.5, 0.6) is 0 Å². The summed E-state index contributed by atoms with van der Waals surface area (Å²) in [5.41, 5.74) is -0.646. The van der Waals surface area contributed by atoms with Gasteiger partial charge in [0.1, 0.15) is 35.4 Å². The fraction of sp³-hybridized carbons (Fsp3) is 0.882. The summed E-state index contributed by atoms with van der Waals surface area (Å²) in [5, 5.41) is 3.67. The number of methoxy groups -OCH3 is 3. The quantitative estimate of drug-likeness (QED) is 0.709. The molecule has 2 heterocycles. The number of fused-ring (bicyclic) bond motifs is 1. The molecule has 0 aromatic rings. The molecule has 0 bridgehead atoms. The molecule has 0 unspecified atom stereocenters. The summed E-state index contributed by atoms with van der Waals surface area (Å²) in [6.07, 6.45) is -0.474. The highest BCUT2D eigenvalue weighted by atomic mass is 32.2. The zero-order chi connectivity index (χ0) is 19.3. The molecule has 1 N–H and O–H groups in total. The lowest BCUT2D eigenvalue weighted by atomic mass is 9.98. The van der Waals surface area contributed by atoms with E-state index in [-0.39, 0.29) is 29.8 Å². The predicted octanol–water partition coefficient (Wildman–Crippen LogP) is 1.82. The number of aliphatic imine (C=N–C) groups is 1. The van der Waals surface area contributed by atoms with Crippen molar-refractivity contribution in [1.29, 1.82) is 0 Å². The molecule has 2 aliphatic heterocycles. The maximum atomic E-state index is 11.7. The van der Waals surface area contributed by atoms with Crippen LogP contribution < -0.4 is 5.32 Å². The number of thioether (sulfide) groups is 1. The molecule has 0 spiro atoms. The average molecular weight is 391 g/mol. The van der Waals surface area contributed by atoms with Crippen molar-refractivity contribution in [3.05, 3.63) is 0 Å². The molecule has 0 aliphatic carbocycles. The maximum absolute atomic E-state index is 11.7. The van der Waals surface area contributed by atoms with Crippen molar-refractivity contribution in [2.24, 2.45) is 4.99 Å². The van der Waals surface area contributed by atoms with E-state index in [0.717, 1.165) is 5.04 Å². The molecule has 0 saturated carbocycles. The smallest absolute Gasteiger partial charge is 0.407 e. The van der Waals surface area contributed by atoms with Crippen LogP contribution in [0, 0.1) is 0 Å². The number of hydrogen-bond donors (Lipinski definition) is 1. The Morgan fingerprint density at radius 1 is 1.23 bits per heavy atom. The van der Waals surface area contributed by atoms with Gasteiger partial charge in [0.15, 0.2) is 0 Å². The summed E-state index contributed by atoms with van der Waals surface area (Å²) in [7, 11) is 4.93. The second-order valence-corrected chi connectivity index (χ2v) is 8.38. The zero-order valence-corrected chi connectivity index (χ0v) is 17.1. The van der Waals surface area contributed by atoms with Crippen LogP contribution in [0.4, 0.5) is 4.79 Å². The van der Waals surface area contributed by atoms with Gasteiger partial charge in [-0.2, -0.15) is 0 Å². The molecule has 9 heteroatoms. The minimum Gasteiger partial charge on any atom is -0.444 e. The summed E-state index contributed by atoms with van der Waals surface area (Å²) in [4.78, 5) is 16.5. The standard InChI is InChI=1S/C17H30N2O6S/c1-17(2,3)25-16(20)18-8-7-11-19-12-14(23-6)13(22-5)10(9-21-4)24-15(12)26-11/h10,12-15H,7-9H2,1-6H3,(H,18,20)/t10-,12-,13-,14-,15-/m1/s1. The molecule has 0 aromatic heterocycles. The van der Waals surface area contributed by atoms with Crippen LogP contribution in [-0.4, -0.2) is 81.0 Å². The van der Waals surface area contributed by atoms with Gasteiger partial charge >= 0.3 is 6.09 Å². The number of carbonyl (C=O) groups is 1. The summed E-state index contributed by atoms with van der Waals surface area (Å²) in [5.74, 6) is 0. The maximum Gasteiger partial charge on any atom is 0.407 e. The Balaban J connectivity index is 1.91. The molecule has 1 saturated heterocycles. The summed E-state index contributed by atoms with van der Waals surface area (Å²) >= 11 is 1.57. The van der Waals surface area contributed by atoms with Crippen LogP contribution in [0.1, 0.15) is 27.2 Å². The Labute approximate surface area is 159 Å². The van der Waals surface area contributed by atoms with Crippen LogP contribution >= 0.6 is 11.8 Å². The number of carbonyl (C=O) groups excluding carboxylic acids is 1. The second kappa shape index (κ2) is 9.36. The number of hydrogen-bond acceptors (Lipinski definition) is 8. The second-order valence-electron chi connectivity index (χ2n) is 7.21. The molecule has 150 valence electrons. The van der Waals surface area contributed by atoms with Crippen LogP contribution in [0.15, 0.2) is 4.99 Å². The average Bonchev–Trinajstić information content (AvgIpc) is 2.94. The van der Waals surface area contributed by atoms with E-state index >= 15 is 0 Å². The number of rotatable bonds is 7. The third-order valence-electron chi connectivity index (χ3n) is 4.04. The molecular formula is C17H30N2O6S. The third kappa shape index (κ3) is 5.56. The Hall–Kier alpha value is -0.870. The lowest BCUT2D eigenvalue weighted by molar-refractivity contribution is -0.185. The molecule has 0 radical (unpaired) electrons. The van der Waals surface area contributed by atoms with Crippen molar-refractivity contribution in [1.82, 2.24) is 5.32 Å². The number of ether oxygens (including phenoxy) is 5. The zero-order valence-electron chi connectivity index (χ0n) is 16.3. The molecule has 1 fully saturated rings. The molecule has 0 aromatic carbocycles. The van der Waals surface area contributed by atoms with Gasteiger partial charge in [-0.25, -0.2) is 4.79 Å². The van der Waals surface area contributed by atoms with E-state index in [4.69, 9.17) is 28.7 Å². The highest BCUT2D eigenvalue weighted by molar-refractivity contribution is 8.14. The van der Waals surface area contributed by atoms with Crippen molar-refractivity contribution in [3.8, 4) is 0 Å². The fourth-order valence-corrected chi connectivity index (χ4v) is 4.24. The van der Waals surface area contributed by atoms with E-state index in [1.165, 1.54) is 0 Å². The van der Waals surface area contributed by atoms with Gasteiger partial charge in [-0.1, -0.05) is 11.8 Å². The topological polar surface area (TPSA) is 87.6 Å². The Morgan fingerprint density at radius 2 is 1.92 bits per heavy atom. The normalized spacial score (nSPS) is 31.3. The lowest BCUT2D eigenvalue weighted by Crippen LogP contribution is -2.57. The van der Waals surface area contributed by atoms with Crippen LogP contribution in [-0.2, 0) is 23.7 Å². The van der Waals surface area contributed by atoms with E-state index in [1.54, 1.807) is 33.1 Å². The van der Waals surface area contributed by atoms with Crippen molar-refractivity contribution in [3.63, 3.8) is 0 Å². The number of amides is 1. The first kappa shape index (κ1) is 21.4. The first-order chi connectivity index (χ1) is 12.3. The first-order valence-electron chi connectivity index (χ1n) is 8.69. The summed E-state index contributed by atoms with van der Waals surface area (Å²) < 4.78 is 27.8. The van der Waals surface area contributed by atoms with Crippen LogP contribution in [0.3, 0.4) is 0 Å². The SMILES string of the molecule is COC[C@H]1O[C@@H]2SC(CCNC(=O)OC(C)(C)C)=N[C@@H]2[C@@H](OC)[C@@H]1OC. The van der Waals surface area contributed by atoms with E-state index in [9.17, 15) is 4.79 Å². The van der Waals surface area contributed by atoms with Gasteiger partial charge in [0.05, 0.1) is 11.7 Å². The van der Waals surface area contributed by atoms with Gasteiger partial charge in [-0.05, 0) is 20.8 Å². The highest BCUT2D eigenvalue weighted by Gasteiger charge is 2.49. The summed E-state index contributed by atoms with van der Waals surface area (Å²) in [6, 6.07) is -0.139. The summed E-state index contributed by atoms with van der Waals surface area (Å²) in [6.45, 7) is 6.38. The monoisotopic (exact) mass is 390 g/mol. The van der Waals surface area contributed by atoms with Crippen molar-refractivity contribution in [2.45, 2.75) is 62.6 Å². The molecular weight excluding hydrogens is 360 g/mol. The minimum atomic E-state index is -0.510. The Bertz CT molecular complexity index is 510. The van der Waals surface area contributed by atoms with Gasteiger partial charge in [-0.15, -0.1) is 0 Å². The molecule has 5 atom stereocenters. The molecule has 8 nitrogen and oxygen atoms in total. The van der Waals surface area contributed by atoms with E-state index in [2.05, 4.69) is 5.32 Å². The Morgan fingerprint density at radius 3 is 2.50 bits per heavy atom. The van der Waals surface area contributed by atoms with Crippen LogP contribution in [0.25, 0.3) is 0 Å². The van der Waals surface area contributed by atoms with E-state index in [1.807, 2.05) is 20.8 Å². The number of nitrogens with zero attached hydrogens (tertiary/aromatic N) is 1. The van der Waals surface area contributed by atoms with Gasteiger partial charge in [0, 0.05) is 34.3 Å². The molecule has 26 heavy (non-hydrogen) atoms. The largest absolute Gasteiger partial charge is 0.444 e. The van der Waals surface area contributed by atoms with Gasteiger partial charge in [0.25, 0.3) is 0 Å². The highest BCUT2D eigenvalue weighted by Crippen LogP contribution is 2.39. The third-order valence-corrected chi connectivity index (χ3v) is 5.25. The minimum absolute atomic E-state index is 0.136. The van der Waals surface area contributed by atoms with Gasteiger partial charge in [-0.3, -0.25) is 4.99 Å². The van der Waals surface area contributed by atoms with Gasteiger partial charge in [0.2, 0.25) is 0 Å². The van der Waals surface area contributed by atoms with Crippen molar-refractivity contribution in [2.75, 3.05) is 34.5 Å². The first-order valence-corrected chi connectivity index (χ1v) is 9.57.